The second-order valence-electron chi connectivity index (χ2n) is 11.3. The second kappa shape index (κ2) is 9.10. The van der Waals surface area contributed by atoms with E-state index >= 15 is 0 Å². The van der Waals surface area contributed by atoms with E-state index in [0.29, 0.717) is 24.1 Å². The number of aliphatic hydroxyl groups is 1. The van der Waals surface area contributed by atoms with Gasteiger partial charge >= 0.3 is 0 Å². The first kappa shape index (κ1) is 24.4. The highest BCUT2D eigenvalue weighted by atomic mass is 35.5. The van der Waals surface area contributed by atoms with Crippen molar-refractivity contribution in [3.63, 3.8) is 0 Å². The van der Waals surface area contributed by atoms with Crippen molar-refractivity contribution in [2.24, 2.45) is 11.3 Å². The van der Waals surface area contributed by atoms with Crippen LogP contribution in [-0.2, 0) is 14.3 Å². The molecule has 0 unspecified atom stereocenters. The molecule has 4 heterocycles. The summed E-state index contributed by atoms with van der Waals surface area (Å²) in [6.45, 7) is 9.15. The summed E-state index contributed by atoms with van der Waals surface area (Å²) < 4.78 is 11.1. The molecule has 6 rings (SSSR count). The Kier molecular flexibility index (Phi) is 6.16. The Balaban J connectivity index is 1.18. The SMILES string of the molecule is C[C@H]1CN(c2cc3cc(NC(=O)[C@H]4CC45CCOCC5)ncc3cc2Cl)CCN1[C@]1(C)COC[C@@H]1O. The Labute approximate surface area is 216 Å². The summed E-state index contributed by atoms with van der Waals surface area (Å²) in [6.07, 6.45) is 4.18. The third kappa shape index (κ3) is 4.17. The van der Waals surface area contributed by atoms with Crippen LogP contribution in [0.5, 0.6) is 0 Å². The maximum absolute atomic E-state index is 12.9. The molecule has 36 heavy (non-hydrogen) atoms. The molecule has 1 aliphatic carbocycles. The molecule has 1 amide bonds. The molecule has 2 aromatic rings. The summed E-state index contributed by atoms with van der Waals surface area (Å²) in [7, 11) is 0. The molecule has 1 aromatic heterocycles. The van der Waals surface area contributed by atoms with Gasteiger partial charge in [-0.1, -0.05) is 11.6 Å². The van der Waals surface area contributed by atoms with E-state index in [-0.39, 0.29) is 28.8 Å². The molecular weight excluding hydrogens is 480 g/mol. The second-order valence-corrected chi connectivity index (χ2v) is 11.7. The van der Waals surface area contributed by atoms with Gasteiger partial charge in [0.05, 0.1) is 35.6 Å². The van der Waals surface area contributed by atoms with Crippen molar-refractivity contribution < 1.29 is 19.4 Å². The highest BCUT2D eigenvalue weighted by molar-refractivity contribution is 6.34. The Morgan fingerprint density at radius 2 is 2.00 bits per heavy atom. The molecule has 9 heteroatoms. The highest BCUT2D eigenvalue weighted by Crippen LogP contribution is 2.59. The number of amides is 1. The van der Waals surface area contributed by atoms with E-state index in [1.54, 1.807) is 6.20 Å². The molecule has 4 fully saturated rings. The lowest BCUT2D eigenvalue weighted by molar-refractivity contribution is -0.118. The minimum Gasteiger partial charge on any atom is -0.389 e. The van der Waals surface area contributed by atoms with Crippen LogP contribution in [0.1, 0.15) is 33.1 Å². The van der Waals surface area contributed by atoms with Gasteiger partial charge in [-0.3, -0.25) is 9.69 Å². The number of piperazine rings is 1. The zero-order valence-corrected chi connectivity index (χ0v) is 21.8. The first-order valence-corrected chi connectivity index (χ1v) is 13.4. The van der Waals surface area contributed by atoms with Gasteiger partial charge in [-0.05, 0) is 62.1 Å². The maximum Gasteiger partial charge on any atom is 0.229 e. The van der Waals surface area contributed by atoms with Crippen LogP contribution >= 0.6 is 11.6 Å². The lowest BCUT2D eigenvalue weighted by atomic mass is 9.92. The number of pyridine rings is 1. The van der Waals surface area contributed by atoms with E-state index in [1.165, 1.54) is 0 Å². The smallest absolute Gasteiger partial charge is 0.229 e. The number of halogens is 1. The van der Waals surface area contributed by atoms with Gasteiger partial charge in [-0.25, -0.2) is 4.98 Å². The molecule has 4 atom stereocenters. The number of hydrogen-bond acceptors (Lipinski definition) is 7. The number of carbonyl (C=O) groups is 1. The van der Waals surface area contributed by atoms with Crippen molar-refractivity contribution in [2.75, 3.05) is 56.3 Å². The topological polar surface area (TPSA) is 87.2 Å². The molecule has 3 aliphatic heterocycles. The van der Waals surface area contributed by atoms with Crippen LogP contribution < -0.4 is 10.2 Å². The lowest BCUT2D eigenvalue weighted by Gasteiger charge is -2.49. The first-order chi connectivity index (χ1) is 17.3. The van der Waals surface area contributed by atoms with E-state index in [4.69, 9.17) is 21.1 Å². The molecule has 1 aromatic carbocycles. The van der Waals surface area contributed by atoms with Gasteiger partial charge in [0.15, 0.2) is 0 Å². The standard InChI is InChI=1S/C27H35ClN4O4/c1-17-14-31(5-6-32(17)26(2)16-36-15-23(26)33)22-10-18-11-24(29-13-19(18)9-21(22)28)30-25(34)20-12-27(20)3-7-35-8-4-27/h9-11,13,17,20,23,33H,3-8,12,14-16H2,1-2H3,(H,29,30,34)/t17-,20+,23-,26+/m0/s1. The molecule has 194 valence electrons. The number of anilines is 2. The number of nitrogens with zero attached hydrogens (tertiary/aromatic N) is 3. The summed E-state index contributed by atoms with van der Waals surface area (Å²) in [5, 5.41) is 16.2. The first-order valence-electron chi connectivity index (χ1n) is 13.0. The van der Waals surface area contributed by atoms with Crippen molar-refractivity contribution in [1.82, 2.24) is 9.88 Å². The van der Waals surface area contributed by atoms with Crippen molar-refractivity contribution in [3.8, 4) is 0 Å². The molecule has 2 N–H and O–H groups in total. The van der Waals surface area contributed by atoms with E-state index < -0.39 is 6.10 Å². The number of nitrogens with one attached hydrogen (secondary N) is 1. The number of hydrogen-bond donors (Lipinski definition) is 2. The number of aliphatic hydroxyl groups excluding tert-OH is 1. The quantitative estimate of drug-likeness (QED) is 0.647. The highest BCUT2D eigenvalue weighted by Gasteiger charge is 2.58. The van der Waals surface area contributed by atoms with Crippen molar-refractivity contribution in [2.45, 2.75) is 50.8 Å². The minimum atomic E-state index is -0.478. The van der Waals surface area contributed by atoms with E-state index in [9.17, 15) is 9.90 Å². The predicted molar refractivity (Wildman–Crippen MR) is 140 cm³/mol. The molecule has 8 nitrogen and oxygen atoms in total. The van der Waals surface area contributed by atoms with Crippen LogP contribution in [0, 0.1) is 11.3 Å². The van der Waals surface area contributed by atoms with Gasteiger partial charge in [0, 0.05) is 56.4 Å². The van der Waals surface area contributed by atoms with Gasteiger partial charge in [0.2, 0.25) is 5.91 Å². The fourth-order valence-electron chi connectivity index (χ4n) is 6.59. The minimum absolute atomic E-state index is 0.0584. The Morgan fingerprint density at radius 1 is 1.19 bits per heavy atom. The van der Waals surface area contributed by atoms with Crippen LogP contribution in [0.15, 0.2) is 24.4 Å². The molecule has 0 radical (unpaired) electrons. The van der Waals surface area contributed by atoms with Gasteiger partial charge in [0.25, 0.3) is 0 Å². The molecule has 0 bridgehead atoms. The van der Waals surface area contributed by atoms with Gasteiger partial charge < -0.3 is 24.8 Å². The summed E-state index contributed by atoms with van der Waals surface area (Å²) in [6, 6.07) is 6.23. The number of benzene rings is 1. The summed E-state index contributed by atoms with van der Waals surface area (Å²) in [4.78, 5) is 22.1. The molecule has 3 saturated heterocycles. The van der Waals surface area contributed by atoms with Crippen LogP contribution in [0.4, 0.5) is 11.5 Å². The Hall–Kier alpha value is -1.97. The average molecular weight is 515 g/mol. The zero-order valence-electron chi connectivity index (χ0n) is 21.0. The Morgan fingerprint density at radius 3 is 2.72 bits per heavy atom. The monoisotopic (exact) mass is 514 g/mol. The van der Waals surface area contributed by atoms with Crippen molar-refractivity contribution in [3.05, 3.63) is 29.4 Å². The number of carbonyl (C=O) groups excluding carboxylic acids is 1. The third-order valence-corrected chi connectivity index (χ3v) is 9.35. The summed E-state index contributed by atoms with van der Waals surface area (Å²) in [5.41, 5.74) is 0.759. The Bertz CT molecular complexity index is 1170. The van der Waals surface area contributed by atoms with Crippen molar-refractivity contribution >= 4 is 39.8 Å². The molecule has 1 spiro atoms. The van der Waals surface area contributed by atoms with Crippen LogP contribution in [0.25, 0.3) is 10.8 Å². The van der Waals surface area contributed by atoms with Crippen LogP contribution in [-0.4, -0.2) is 84.6 Å². The summed E-state index contributed by atoms with van der Waals surface area (Å²) >= 11 is 6.73. The lowest BCUT2D eigenvalue weighted by Crippen LogP contribution is -2.64. The fourth-order valence-corrected chi connectivity index (χ4v) is 6.88. The maximum atomic E-state index is 12.9. The van der Waals surface area contributed by atoms with Gasteiger partial charge in [-0.15, -0.1) is 0 Å². The van der Waals surface area contributed by atoms with E-state index in [2.05, 4.69) is 40.0 Å². The number of fused-ring (bicyclic) bond motifs is 1. The average Bonchev–Trinajstić information content (AvgIpc) is 3.44. The molecular formula is C27H35ClN4O4. The largest absolute Gasteiger partial charge is 0.389 e. The molecule has 4 aliphatic rings. The van der Waals surface area contributed by atoms with Crippen LogP contribution in [0.2, 0.25) is 5.02 Å². The normalized spacial score (nSPS) is 32.2. The number of ether oxygens (including phenoxy) is 2. The van der Waals surface area contributed by atoms with Crippen LogP contribution in [0.3, 0.4) is 0 Å². The molecule has 1 saturated carbocycles. The van der Waals surface area contributed by atoms with E-state index in [0.717, 1.165) is 68.6 Å². The fraction of sp³-hybridized carbons (Fsp3) is 0.630. The van der Waals surface area contributed by atoms with Crippen molar-refractivity contribution in [1.29, 1.82) is 0 Å². The number of rotatable bonds is 4. The summed E-state index contributed by atoms with van der Waals surface area (Å²) in [5.74, 6) is 0.703. The number of aromatic nitrogens is 1. The van der Waals surface area contributed by atoms with E-state index in [1.807, 2.05) is 12.1 Å². The van der Waals surface area contributed by atoms with Gasteiger partial charge in [-0.2, -0.15) is 0 Å². The predicted octanol–water partition coefficient (Wildman–Crippen LogP) is 3.30. The zero-order chi connectivity index (χ0) is 25.1. The third-order valence-electron chi connectivity index (χ3n) is 9.05. The van der Waals surface area contributed by atoms with Gasteiger partial charge in [0.1, 0.15) is 5.82 Å².